The van der Waals surface area contributed by atoms with Crippen LogP contribution >= 0.6 is 0 Å². The fraction of sp³-hybridized carbons (Fsp3) is 0.357. The third-order valence-corrected chi connectivity index (χ3v) is 6.75. The second-order valence-electron chi connectivity index (χ2n) is 9.66. The SMILES string of the molecule is CC(NC(=O)c1ncnc2c1cnn2C)C1=NC=C(C(=O)Nc2cc(C#CCN3CCOCC3)cc(C(F)F)c2)C1. The van der Waals surface area contributed by atoms with Crippen molar-refractivity contribution in [1.29, 1.82) is 0 Å². The van der Waals surface area contributed by atoms with E-state index in [1.54, 1.807) is 24.7 Å². The molecule has 2 aromatic heterocycles. The van der Waals surface area contributed by atoms with Gasteiger partial charge in [-0.25, -0.2) is 18.7 Å². The number of ether oxygens (including phenoxy) is 1. The van der Waals surface area contributed by atoms with Gasteiger partial charge in [0.25, 0.3) is 18.2 Å². The first-order valence-electron chi connectivity index (χ1n) is 13.0. The highest BCUT2D eigenvalue weighted by Crippen LogP contribution is 2.25. The molecule has 0 spiro atoms. The fourth-order valence-electron chi connectivity index (χ4n) is 4.49. The lowest BCUT2D eigenvalue weighted by atomic mass is 10.1. The minimum Gasteiger partial charge on any atom is -0.379 e. The number of aliphatic imine (C=N–C) groups is 1. The van der Waals surface area contributed by atoms with Gasteiger partial charge in [-0.1, -0.05) is 11.8 Å². The van der Waals surface area contributed by atoms with Crippen LogP contribution in [-0.4, -0.2) is 81.1 Å². The van der Waals surface area contributed by atoms with E-state index in [0.29, 0.717) is 47.6 Å². The zero-order valence-corrected chi connectivity index (χ0v) is 22.5. The van der Waals surface area contributed by atoms with Crippen molar-refractivity contribution < 1.29 is 23.1 Å². The number of carbonyl (C=O) groups excluding carboxylic acids is 2. The van der Waals surface area contributed by atoms with Crippen LogP contribution in [0.4, 0.5) is 14.5 Å². The van der Waals surface area contributed by atoms with Gasteiger partial charge >= 0.3 is 0 Å². The fourth-order valence-corrected chi connectivity index (χ4v) is 4.49. The van der Waals surface area contributed by atoms with Crippen LogP contribution in [0.25, 0.3) is 11.0 Å². The number of anilines is 1. The molecule has 2 amide bonds. The molecule has 4 heterocycles. The number of aryl methyl sites for hydroxylation is 1. The molecule has 212 valence electrons. The summed E-state index contributed by atoms with van der Waals surface area (Å²) in [6.45, 7) is 5.06. The third kappa shape index (κ3) is 6.62. The number of halogens is 2. The van der Waals surface area contributed by atoms with Gasteiger partial charge < -0.3 is 15.4 Å². The van der Waals surface area contributed by atoms with E-state index in [-0.39, 0.29) is 23.4 Å². The van der Waals surface area contributed by atoms with Crippen molar-refractivity contribution in [3.63, 3.8) is 0 Å². The number of rotatable bonds is 7. The van der Waals surface area contributed by atoms with Gasteiger partial charge in [0.15, 0.2) is 5.65 Å². The summed E-state index contributed by atoms with van der Waals surface area (Å²) in [7, 11) is 1.72. The topological polar surface area (TPSA) is 127 Å². The molecule has 2 aliphatic heterocycles. The Balaban J connectivity index is 1.20. The zero-order chi connectivity index (χ0) is 28.9. The molecule has 41 heavy (non-hydrogen) atoms. The molecule has 0 aliphatic carbocycles. The monoisotopic (exact) mass is 562 g/mol. The summed E-state index contributed by atoms with van der Waals surface area (Å²) in [5, 5.41) is 10.2. The Morgan fingerprint density at radius 1 is 1.15 bits per heavy atom. The van der Waals surface area contributed by atoms with Crippen LogP contribution in [0.5, 0.6) is 0 Å². The molecule has 2 aliphatic rings. The normalized spacial score (nSPS) is 16.1. The zero-order valence-electron chi connectivity index (χ0n) is 22.5. The first kappa shape index (κ1) is 28.0. The molecule has 1 atom stereocenters. The van der Waals surface area contributed by atoms with E-state index in [0.717, 1.165) is 13.1 Å². The van der Waals surface area contributed by atoms with Gasteiger partial charge in [-0.05, 0) is 25.1 Å². The summed E-state index contributed by atoms with van der Waals surface area (Å²) in [6.07, 6.45) is 1.69. The largest absolute Gasteiger partial charge is 0.379 e. The quantitative estimate of drug-likeness (QED) is 0.424. The van der Waals surface area contributed by atoms with Crippen LogP contribution in [0.15, 0.2) is 47.5 Å². The minimum absolute atomic E-state index is 0.181. The van der Waals surface area contributed by atoms with E-state index in [4.69, 9.17) is 4.74 Å². The first-order valence-corrected chi connectivity index (χ1v) is 13.0. The second kappa shape index (κ2) is 12.3. The van der Waals surface area contributed by atoms with Crippen LogP contribution in [-0.2, 0) is 16.6 Å². The van der Waals surface area contributed by atoms with Crippen LogP contribution in [0, 0.1) is 11.8 Å². The smallest absolute Gasteiger partial charge is 0.271 e. The van der Waals surface area contributed by atoms with Gasteiger partial charge in [0, 0.05) is 60.9 Å². The summed E-state index contributed by atoms with van der Waals surface area (Å²) in [5.41, 5.74) is 1.97. The van der Waals surface area contributed by atoms with E-state index in [9.17, 15) is 18.4 Å². The van der Waals surface area contributed by atoms with Gasteiger partial charge in [0.1, 0.15) is 12.0 Å². The Bertz CT molecular complexity index is 1600. The van der Waals surface area contributed by atoms with Gasteiger partial charge in [0.05, 0.1) is 37.4 Å². The lowest BCUT2D eigenvalue weighted by Gasteiger charge is -2.24. The Morgan fingerprint density at radius 2 is 1.95 bits per heavy atom. The molecule has 11 nitrogen and oxygen atoms in total. The van der Waals surface area contributed by atoms with Crippen molar-refractivity contribution in [2.45, 2.75) is 25.8 Å². The average molecular weight is 563 g/mol. The van der Waals surface area contributed by atoms with Crippen molar-refractivity contribution in [2.75, 3.05) is 38.2 Å². The molecule has 0 saturated carbocycles. The number of hydrogen-bond donors (Lipinski definition) is 2. The van der Waals surface area contributed by atoms with Crippen LogP contribution in [0.2, 0.25) is 0 Å². The van der Waals surface area contributed by atoms with Gasteiger partial charge in [-0.15, -0.1) is 0 Å². The Morgan fingerprint density at radius 3 is 2.73 bits per heavy atom. The molecule has 5 rings (SSSR count). The van der Waals surface area contributed by atoms with Crippen molar-refractivity contribution in [2.24, 2.45) is 12.0 Å². The Hall–Kier alpha value is -4.54. The first-order chi connectivity index (χ1) is 19.8. The molecule has 13 heteroatoms. The molecule has 3 aromatic rings. The maximum absolute atomic E-state index is 13.6. The van der Waals surface area contributed by atoms with Crippen molar-refractivity contribution in [3.8, 4) is 11.8 Å². The third-order valence-electron chi connectivity index (χ3n) is 6.75. The van der Waals surface area contributed by atoms with Gasteiger partial charge in [-0.2, -0.15) is 5.10 Å². The molecule has 1 aromatic carbocycles. The van der Waals surface area contributed by atoms with Crippen molar-refractivity contribution >= 4 is 34.2 Å². The summed E-state index contributed by atoms with van der Waals surface area (Å²) < 4.78 is 34.0. The number of benzene rings is 1. The molecule has 0 radical (unpaired) electrons. The van der Waals surface area contributed by atoms with Crippen molar-refractivity contribution in [3.05, 3.63) is 59.3 Å². The molecule has 2 N–H and O–H groups in total. The maximum atomic E-state index is 13.6. The molecular formula is C28H28F2N8O3. The van der Waals surface area contributed by atoms with Crippen LogP contribution in [0.1, 0.15) is 41.4 Å². The standard InChI is InChI=1S/C28H28F2N8O3/c1-17(35-28(40)24-22-15-34-37(2)26(22)33-16-32-24)23-13-20(14-31-23)27(39)36-21-11-18(10-19(12-21)25(29)30)4-3-5-38-6-8-41-9-7-38/h10-12,14-17,25H,5-9,13H2,1-2H3,(H,35,40)(H,36,39). The summed E-state index contributed by atoms with van der Waals surface area (Å²) in [6, 6.07) is 3.62. The van der Waals surface area contributed by atoms with Crippen LogP contribution < -0.4 is 10.6 Å². The van der Waals surface area contributed by atoms with E-state index in [1.165, 1.54) is 30.9 Å². The van der Waals surface area contributed by atoms with Crippen molar-refractivity contribution in [1.82, 2.24) is 30.0 Å². The maximum Gasteiger partial charge on any atom is 0.271 e. The number of nitrogens with one attached hydrogen (secondary N) is 2. The predicted octanol–water partition coefficient (Wildman–Crippen LogP) is 2.47. The predicted molar refractivity (Wildman–Crippen MR) is 148 cm³/mol. The highest BCUT2D eigenvalue weighted by atomic mass is 19.3. The molecule has 1 saturated heterocycles. The van der Waals surface area contributed by atoms with E-state index in [1.807, 2.05) is 0 Å². The molecule has 1 unspecified atom stereocenters. The van der Waals surface area contributed by atoms with E-state index >= 15 is 0 Å². The Kier molecular flexibility index (Phi) is 8.42. The summed E-state index contributed by atoms with van der Waals surface area (Å²) in [5.74, 6) is 5.04. The molecule has 1 fully saturated rings. The Labute approximate surface area is 234 Å². The number of amides is 2. The highest BCUT2D eigenvalue weighted by molar-refractivity contribution is 6.11. The number of fused-ring (bicyclic) bond motifs is 1. The lowest BCUT2D eigenvalue weighted by Crippen LogP contribution is -2.38. The number of morpholine rings is 1. The number of nitrogens with zero attached hydrogens (tertiary/aromatic N) is 6. The second-order valence-corrected chi connectivity index (χ2v) is 9.66. The van der Waals surface area contributed by atoms with Crippen LogP contribution in [0.3, 0.4) is 0 Å². The number of carbonyl (C=O) groups is 2. The number of alkyl halides is 2. The number of hydrogen-bond acceptors (Lipinski definition) is 8. The molecular weight excluding hydrogens is 534 g/mol. The number of aromatic nitrogens is 4. The summed E-state index contributed by atoms with van der Waals surface area (Å²) in [4.78, 5) is 40.6. The summed E-state index contributed by atoms with van der Waals surface area (Å²) >= 11 is 0. The highest BCUT2D eigenvalue weighted by Gasteiger charge is 2.24. The molecule has 0 bridgehead atoms. The van der Waals surface area contributed by atoms with E-state index in [2.05, 4.69) is 47.4 Å². The minimum atomic E-state index is -2.72. The van der Waals surface area contributed by atoms with Gasteiger partial charge in [0.2, 0.25) is 0 Å². The lowest BCUT2D eigenvalue weighted by molar-refractivity contribution is -0.112. The van der Waals surface area contributed by atoms with Gasteiger partial charge in [-0.3, -0.25) is 24.2 Å². The van der Waals surface area contributed by atoms with E-state index < -0.39 is 24.3 Å². The average Bonchev–Trinajstić information content (AvgIpc) is 3.61.